The predicted octanol–water partition coefficient (Wildman–Crippen LogP) is 4.81. The van der Waals surface area contributed by atoms with Gasteiger partial charge >= 0.3 is 0 Å². The maximum absolute atomic E-state index is 13.3. The molecule has 3 aromatic rings. The van der Waals surface area contributed by atoms with Gasteiger partial charge < -0.3 is 14.5 Å². The molecule has 0 bridgehead atoms. The number of halogens is 1. The first kappa shape index (κ1) is 22.9. The van der Waals surface area contributed by atoms with E-state index in [1.54, 1.807) is 18.2 Å². The van der Waals surface area contributed by atoms with Crippen LogP contribution >= 0.6 is 11.6 Å². The molecule has 0 saturated carbocycles. The summed E-state index contributed by atoms with van der Waals surface area (Å²) < 4.78 is 5.82. The van der Waals surface area contributed by atoms with E-state index in [2.05, 4.69) is 58.3 Å². The van der Waals surface area contributed by atoms with Gasteiger partial charge in [-0.15, -0.1) is 0 Å². The number of carbonyl (C=O) groups excluding carboxylic acids is 1. The Hall–Kier alpha value is -2.86. The zero-order chi connectivity index (χ0) is 23.7. The van der Waals surface area contributed by atoms with Gasteiger partial charge in [0, 0.05) is 43.3 Å². The Morgan fingerprint density at radius 2 is 1.56 bits per heavy atom. The highest BCUT2D eigenvalue weighted by molar-refractivity contribution is 6.31. The average molecular weight is 476 g/mol. The number of piperazine rings is 1. The zero-order valence-corrected chi connectivity index (χ0v) is 20.5. The second kappa shape index (κ2) is 9.79. The highest BCUT2D eigenvalue weighted by atomic mass is 35.5. The SMILES string of the molecule is CN(C)CCOc1cc(Cl)cc(C(=O)N2CCN(C3c4ccccc4-c4ccccc43)CC2)c1. The van der Waals surface area contributed by atoms with Gasteiger partial charge in [0.25, 0.3) is 5.91 Å². The van der Waals surface area contributed by atoms with Crippen molar-refractivity contribution in [3.8, 4) is 16.9 Å². The van der Waals surface area contributed by atoms with Gasteiger partial charge in [0.1, 0.15) is 12.4 Å². The summed E-state index contributed by atoms with van der Waals surface area (Å²) in [5, 5.41) is 0.517. The molecule has 0 atom stereocenters. The van der Waals surface area contributed by atoms with Crippen molar-refractivity contribution in [2.24, 2.45) is 0 Å². The maximum atomic E-state index is 13.3. The molecule has 6 heteroatoms. The number of carbonyl (C=O) groups is 1. The van der Waals surface area contributed by atoms with Crippen molar-refractivity contribution in [3.05, 3.63) is 88.4 Å². The molecule has 5 nitrogen and oxygen atoms in total. The fourth-order valence-electron chi connectivity index (χ4n) is 5.00. The normalized spacial score (nSPS) is 15.9. The molecule has 0 N–H and O–H groups in total. The van der Waals surface area contributed by atoms with Crippen LogP contribution in [0.1, 0.15) is 27.5 Å². The van der Waals surface area contributed by atoms with Crippen LogP contribution < -0.4 is 4.74 Å². The fraction of sp³-hybridized carbons (Fsp3) is 0.321. The summed E-state index contributed by atoms with van der Waals surface area (Å²) in [5.41, 5.74) is 5.94. The topological polar surface area (TPSA) is 36.0 Å². The van der Waals surface area contributed by atoms with E-state index in [-0.39, 0.29) is 11.9 Å². The van der Waals surface area contributed by atoms with Gasteiger partial charge in [0.2, 0.25) is 0 Å². The number of hydrogen-bond acceptors (Lipinski definition) is 4. The highest BCUT2D eigenvalue weighted by Crippen LogP contribution is 2.46. The van der Waals surface area contributed by atoms with Crippen molar-refractivity contribution < 1.29 is 9.53 Å². The standard InChI is InChI=1S/C28H30ClN3O2/c1-30(2)15-16-34-22-18-20(17-21(29)19-22)28(33)32-13-11-31(12-14-32)27-25-9-5-3-7-23(25)24-8-4-6-10-26(24)27/h3-10,17-19,27H,11-16H2,1-2H3. The predicted molar refractivity (Wildman–Crippen MR) is 137 cm³/mol. The minimum absolute atomic E-state index is 0.00633. The minimum atomic E-state index is 0.00633. The third-order valence-electron chi connectivity index (χ3n) is 6.69. The van der Waals surface area contributed by atoms with Gasteiger partial charge in [-0.2, -0.15) is 0 Å². The number of likely N-dealkylation sites (N-methyl/N-ethyl adjacent to an activating group) is 1. The van der Waals surface area contributed by atoms with Crippen LogP contribution in [0, 0.1) is 0 Å². The molecule has 34 heavy (non-hydrogen) atoms. The third-order valence-corrected chi connectivity index (χ3v) is 6.91. The lowest BCUT2D eigenvalue weighted by Gasteiger charge is -2.38. The van der Waals surface area contributed by atoms with Crippen molar-refractivity contribution in [3.63, 3.8) is 0 Å². The summed E-state index contributed by atoms with van der Waals surface area (Å²) >= 11 is 6.31. The lowest BCUT2D eigenvalue weighted by molar-refractivity contribution is 0.0599. The van der Waals surface area contributed by atoms with Crippen LogP contribution in [0.2, 0.25) is 5.02 Å². The zero-order valence-electron chi connectivity index (χ0n) is 19.7. The summed E-state index contributed by atoms with van der Waals surface area (Å²) in [6.45, 7) is 4.36. The molecule has 2 aliphatic rings. The van der Waals surface area contributed by atoms with E-state index >= 15 is 0 Å². The van der Waals surface area contributed by atoms with Crippen LogP contribution in [-0.2, 0) is 0 Å². The molecular weight excluding hydrogens is 446 g/mol. The smallest absolute Gasteiger partial charge is 0.254 e. The number of rotatable bonds is 6. The largest absolute Gasteiger partial charge is 0.492 e. The molecule has 176 valence electrons. The number of nitrogens with zero attached hydrogens (tertiary/aromatic N) is 3. The van der Waals surface area contributed by atoms with Gasteiger partial charge in [0.15, 0.2) is 0 Å². The maximum Gasteiger partial charge on any atom is 0.254 e. The van der Waals surface area contributed by atoms with Gasteiger partial charge in [-0.25, -0.2) is 0 Å². The Morgan fingerprint density at radius 1 is 0.941 bits per heavy atom. The van der Waals surface area contributed by atoms with E-state index in [0.29, 0.717) is 36.0 Å². The Bertz CT molecular complexity index is 1140. The molecule has 0 unspecified atom stereocenters. The quantitative estimate of drug-likeness (QED) is 0.512. The van der Waals surface area contributed by atoms with Crippen molar-refractivity contribution in [1.29, 1.82) is 0 Å². The van der Waals surface area contributed by atoms with Crippen LogP contribution in [0.5, 0.6) is 5.75 Å². The van der Waals surface area contributed by atoms with Crippen molar-refractivity contribution in [2.45, 2.75) is 6.04 Å². The Morgan fingerprint density at radius 3 is 2.18 bits per heavy atom. The molecule has 0 spiro atoms. The van der Waals surface area contributed by atoms with Crippen molar-refractivity contribution in [1.82, 2.24) is 14.7 Å². The second-order valence-electron chi connectivity index (χ2n) is 9.23. The van der Waals surface area contributed by atoms with E-state index < -0.39 is 0 Å². The Labute approximate surface area is 206 Å². The van der Waals surface area contributed by atoms with E-state index in [4.69, 9.17) is 16.3 Å². The first-order valence-electron chi connectivity index (χ1n) is 11.8. The van der Waals surface area contributed by atoms with E-state index in [0.717, 1.165) is 19.6 Å². The van der Waals surface area contributed by atoms with Crippen molar-refractivity contribution in [2.75, 3.05) is 53.4 Å². The summed E-state index contributed by atoms with van der Waals surface area (Å²) in [4.78, 5) is 19.8. The molecule has 3 aromatic carbocycles. The minimum Gasteiger partial charge on any atom is -0.492 e. The monoisotopic (exact) mass is 475 g/mol. The fourth-order valence-corrected chi connectivity index (χ4v) is 5.23. The molecular formula is C28H30ClN3O2. The van der Waals surface area contributed by atoms with Crippen LogP contribution in [0.15, 0.2) is 66.7 Å². The Kier molecular flexibility index (Phi) is 6.59. The molecule has 1 amide bonds. The summed E-state index contributed by atoms with van der Waals surface area (Å²) in [7, 11) is 4.00. The van der Waals surface area contributed by atoms with Gasteiger partial charge in [-0.3, -0.25) is 9.69 Å². The number of hydrogen-bond donors (Lipinski definition) is 0. The first-order chi connectivity index (χ1) is 16.5. The number of ether oxygens (including phenoxy) is 1. The molecule has 0 aromatic heterocycles. The molecule has 1 aliphatic carbocycles. The lowest BCUT2D eigenvalue weighted by atomic mass is 10.0. The lowest BCUT2D eigenvalue weighted by Crippen LogP contribution is -2.49. The van der Waals surface area contributed by atoms with Crippen molar-refractivity contribution >= 4 is 17.5 Å². The van der Waals surface area contributed by atoms with Crippen LogP contribution in [0.4, 0.5) is 0 Å². The molecule has 5 rings (SSSR count). The summed E-state index contributed by atoms with van der Waals surface area (Å²) in [6, 6.07) is 22.9. The van der Waals surface area contributed by atoms with Gasteiger partial charge in [-0.05, 0) is 54.5 Å². The number of fused-ring (bicyclic) bond motifs is 3. The molecule has 1 fully saturated rings. The summed E-state index contributed by atoms with van der Waals surface area (Å²) in [6.07, 6.45) is 0. The number of amides is 1. The molecule has 1 aliphatic heterocycles. The molecule has 0 radical (unpaired) electrons. The van der Waals surface area contributed by atoms with Crippen LogP contribution in [0.3, 0.4) is 0 Å². The average Bonchev–Trinajstić information content (AvgIpc) is 3.18. The highest BCUT2D eigenvalue weighted by Gasteiger charge is 2.35. The van der Waals surface area contributed by atoms with Gasteiger partial charge in [-0.1, -0.05) is 60.1 Å². The van der Waals surface area contributed by atoms with Crippen LogP contribution in [-0.4, -0.2) is 74.0 Å². The van der Waals surface area contributed by atoms with E-state index in [9.17, 15) is 4.79 Å². The first-order valence-corrected chi connectivity index (χ1v) is 12.2. The second-order valence-corrected chi connectivity index (χ2v) is 9.67. The molecule has 1 heterocycles. The third kappa shape index (κ3) is 4.56. The van der Waals surface area contributed by atoms with E-state index in [1.807, 2.05) is 19.0 Å². The Balaban J connectivity index is 1.28. The molecule has 1 saturated heterocycles. The van der Waals surface area contributed by atoms with E-state index in [1.165, 1.54) is 22.3 Å². The van der Waals surface area contributed by atoms with Crippen LogP contribution in [0.25, 0.3) is 11.1 Å². The number of benzene rings is 3. The van der Waals surface area contributed by atoms with Gasteiger partial charge in [0.05, 0.1) is 6.04 Å². The summed E-state index contributed by atoms with van der Waals surface area (Å²) in [5.74, 6) is 0.641.